The number of aryl methyl sites for hydroxylation is 1. The molecule has 62 valence electrons. The molecule has 0 saturated heterocycles. The first-order valence-electron chi connectivity index (χ1n) is 3.13. The number of imidazole rings is 1. The maximum absolute atomic E-state index is 11.9. The summed E-state index contributed by atoms with van der Waals surface area (Å²) in [6.07, 6.45) is 0.374. The van der Waals surface area contributed by atoms with Gasteiger partial charge in [-0.2, -0.15) is 0 Å². The van der Waals surface area contributed by atoms with E-state index in [9.17, 15) is 8.78 Å². The van der Waals surface area contributed by atoms with E-state index in [0.29, 0.717) is 0 Å². The summed E-state index contributed by atoms with van der Waals surface area (Å²) in [5.41, 5.74) is 5.35. The van der Waals surface area contributed by atoms with Crippen LogP contribution in [0.1, 0.15) is 11.7 Å². The molecule has 2 N–H and O–H groups in total. The zero-order chi connectivity index (χ0) is 8.43. The monoisotopic (exact) mass is 161 g/mol. The van der Waals surface area contributed by atoms with Gasteiger partial charge in [-0.15, -0.1) is 0 Å². The SMILES string of the molecule is Cn1cnc(C(N)C(F)F)c1. The lowest BCUT2D eigenvalue weighted by Gasteiger charge is -2.05. The summed E-state index contributed by atoms with van der Waals surface area (Å²) in [6.45, 7) is 0. The van der Waals surface area contributed by atoms with E-state index < -0.39 is 12.5 Å². The van der Waals surface area contributed by atoms with Crippen LogP contribution >= 0.6 is 0 Å². The predicted molar refractivity (Wildman–Crippen MR) is 36.1 cm³/mol. The summed E-state index contributed by atoms with van der Waals surface area (Å²) in [4.78, 5) is 3.69. The van der Waals surface area contributed by atoms with E-state index in [1.54, 1.807) is 11.6 Å². The predicted octanol–water partition coefficient (Wildman–Crippen LogP) is 0.685. The van der Waals surface area contributed by atoms with Gasteiger partial charge in [0.15, 0.2) is 0 Å². The molecule has 0 fully saturated rings. The summed E-state index contributed by atoms with van der Waals surface area (Å²) in [7, 11) is 1.70. The molecule has 1 rings (SSSR count). The Morgan fingerprint density at radius 3 is 2.64 bits per heavy atom. The number of nitrogens with zero attached hydrogens (tertiary/aromatic N) is 2. The minimum absolute atomic E-state index is 0.225. The number of halogens is 2. The highest BCUT2D eigenvalue weighted by molar-refractivity contribution is 5.03. The first-order valence-corrected chi connectivity index (χ1v) is 3.13. The average Bonchev–Trinajstić information content (AvgIpc) is 2.34. The van der Waals surface area contributed by atoms with Crippen molar-refractivity contribution >= 4 is 0 Å². The Hall–Kier alpha value is -0.970. The minimum Gasteiger partial charge on any atom is -0.340 e. The lowest BCUT2D eigenvalue weighted by atomic mass is 10.2. The molecule has 1 atom stereocenters. The largest absolute Gasteiger partial charge is 0.340 e. The average molecular weight is 161 g/mol. The van der Waals surface area contributed by atoms with Crippen molar-refractivity contribution in [3.05, 3.63) is 18.2 Å². The molecule has 0 aliphatic carbocycles. The van der Waals surface area contributed by atoms with E-state index in [1.165, 1.54) is 12.5 Å². The Labute approximate surface area is 62.8 Å². The van der Waals surface area contributed by atoms with Gasteiger partial charge in [0.25, 0.3) is 6.43 Å². The molecule has 0 spiro atoms. The number of aromatic nitrogens is 2. The van der Waals surface area contributed by atoms with Gasteiger partial charge >= 0.3 is 0 Å². The number of hydrogen-bond donors (Lipinski definition) is 1. The van der Waals surface area contributed by atoms with Gasteiger partial charge in [-0.1, -0.05) is 0 Å². The quantitative estimate of drug-likeness (QED) is 0.693. The Kier molecular flexibility index (Phi) is 2.19. The highest BCUT2D eigenvalue weighted by Crippen LogP contribution is 2.14. The van der Waals surface area contributed by atoms with Crippen molar-refractivity contribution in [2.75, 3.05) is 0 Å². The highest BCUT2D eigenvalue weighted by atomic mass is 19.3. The molecular formula is C6H9F2N3. The summed E-state index contributed by atoms with van der Waals surface area (Å²) in [5.74, 6) is 0. The van der Waals surface area contributed by atoms with Crippen molar-refractivity contribution in [1.82, 2.24) is 9.55 Å². The van der Waals surface area contributed by atoms with Crippen molar-refractivity contribution in [3.8, 4) is 0 Å². The van der Waals surface area contributed by atoms with Crippen LogP contribution < -0.4 is 5.73 Å². The zero-order valence-corrected chi connectivity index (χ0v) is 6.04. The molecule has 3 nitrogen and oxygen atoms in total. The third kappa shape index (κ3) is 1.74. The van der Waals surface area contributed by atoms with Gasteiger partial charge in [0.05, 0.1) is 12.0 Å². The molecule has 0 aliphatic heterocycles. The molecule has 0 saturated carbocycles. The Morgan fingerprint density at radius 2 is 2.27 bits per heavy atom. The summed E-state index contributed by atoms with van der Waals surface area (Å²) < 4.78 is 25.5. The van der Waals surface area contributed by atoms with E-state index in [2.05, 4.69) is 4.98 Å². The lowest BCUT2D eigenvalue weighted by molar-refractivity contribution is 0.115. The minimum atomic E-state index is -2.55. The van der Waals surface area contributed by atoms with Gasteiger partial charge in [-0.05, 0) is 0 Å². The molecule has 1 aromatic heterocycles. The van der Waals surface area contributed by atoms with Gasteiger partial charge in [0, 0.05) is 13.2 Å². The zero-order valence-electron chi connectivity index (χ0n) is 6.04. The van der Waals surface area contributed by atoms with Crippen LogP contribution in [-0.2, 0) is 7.05 Å². The Morgan fingerprint density at radius 1 is 1.64 bits per heavy atom. The number of alkyl halides is 2. The van der Waals surface area contributed by atoms with Crippen LogP contribution in [0.4, 0.5) is 8.78 Å². The molecule has 0 radical (unpaired) electrons. The van der Waals surface area contributed by atoms with Gasteiger partial charge in [-0.25, -0.2) is 13.8 Å². The molecular weight excluding hydrogens is 152 g/mol. The van der Waals surface area contributed by atoms with Gasteiger partial charge < -0.3 is 10.3 Å². The first kappa shape index (κ1) is 8.13. The third-order valence-corrected chi connectivity index (χ3v) is 1.34. The van der Waals surface area contributed by atoms with E-state index in [4.69, 9.17) is 5.73 Å². The van der Waals surface area contributed by atoms with Gasteiger partial charge in [0.2, 0.25) is 0 Å². The van der Waals surface area contributed by atoms with Crippen molar-refractivity contribution in [1.29, 1.82) is 0 Å². The van der Waals surface area contributed by atoms with E-state index in [1.807, 2.05) is 0 Å². The van der Waals surface area contributed by atoms with Crippen LogP contribution in [0.2, 0.25) is 0 Å². The van der Waals surface area contributed by atoms with Crippen LogP contribution in [0.5, 0.6) is 0 Å². The number of hydrogen-bond acceptors (Lipinski definition) is 2. The maximum atomic E-state index is 11.9. The fourth-order valence-corrected chi connectivity index (χ4v) is 0.734. The van der Waals surface area contributed by atoms with E-state index >= 15 is 0 Å². The smallest absolute Gasteiger partial charge is 0.259 e. The molecule has 11 heavy (non-hydrogen) atoms. The molecule has 1 heterocycles. The second-order valence-corrected chi connectivity index (χ2v) is 2.32. The summed E-state index contributed by atoms with van der Waals surface area (Å²) in [6, 6.07) is -1.27. The standard InChI is InChI=1S/C6H9F2N3/c1-11-2-4(10-3-11)5(9)6(7)8/h2-3,5-6H,9H2,1H3. The summed E-state index contributed by atoms with van der Waals surface area (Å²) in [5, 5.41) is 0. The second-order valence-electron chi connectivity index (χ2n) is 2.32. The maximum Gasteiger partial charge on any atom is 0.259 e. The lowest BCUT2D eigenvalue weighted by Crippen LogP contribution is -2.19. The van der Waals surface area contributed by atoms with Gasteiger partial charge in [-0.3, -0.25) is 0 Å². The normalized spacial score (nSPS) is 13.9. The molecule has 0 amide bonds. The van der Waals surface area contributed by atoms with E-state index in [-0.39, 0.29) is 5.69 Å². The van der Waals surface area contributed by atoms with Crippen LogP contribution in [0.15, 0.2) is 12.5 Å². The Bertz CT molecular complexity index is 233. The van der Waals surface area contributed by atoms with Crippen LogP contribution in [-0.4, -0.2) is 16.0 Å². The molecule has 1 aromatic rings. The van der Waals surface area contributed by atoms with E-state index in [0.717, 1.165) is 0 Å². The van der Waals surface area contributed by atoms with Crippen LogP contribution in [0, 0.1) is 0 Å². The first-order chi connectivity index (χ1) is 5.11. The van der Waals surface area contributed by atoms with Crippen molar-refractivity contribution in [3.63, 3.8) is 0 Å². The number of rotatable bonds is 2. The fraction of sp³-hybridized carbons (Fsp3) is 0.500. The molecule has 0 bridgehead atoms. The van der Waals surface area contributed by atoms with Crippen molar-refractivity contribution in [2.24, 2.45) is 12.8 Å². The topological polar surface area (TPSA) is 43.8 Å². The van der Waals surface area contributed by atoms with Crippen LogP contribution in [0.25, 0.3) is 0 Å². The Balaban J connectivity index is 2.76. The van der Waals surface area contributed by atoms with Crippen molar-refractivity contribution < 1.29 is 8.78 Å². The summed E-state index contributed by atoms with van der Waals surface area (Å²) >= 11 is 0. The van der Waals surface area contributed by atoms with Gasteiger partial charge in [0.1, 0.15) is 6.04 Å². The van der Waals surface area contributed by atoms with Crippen LogP contribution in [0.3, 0.4) is 0 Å². The third-order valence-electron chi connectivity index (χ3n) is 1.34. The molecule has 1 unspecified atom stereocenters. The number of nitrogens with two attached hydrogens (primary N) is 1. The molecule has 5 heteroatoms. The van der Waals surface area contributed by atoms with Crippen molar-refractivity contribution in [2.45, 2.75) is 12.5 Å². The highest BCUT2D eigenvalue weighted by Gasteiger charge is 2.19. The fourth-order valence-electron chi connectivity index (χ4n) is 0.734. The molecule has 0 aliphatic rings. The second kappa shape index (κ2) is 2.96. The molecule has 0 aromatic carbocycles.